The van der Waals surface area contributed by atoms with Gasteiger partial charge in [-0.1, -0.05) is 28.1 Å². The zero-order valence-electron chi connectivity index (χ0n) is 10.6. The minimum atomic E-state index is -0.877. The Morgan fingerprint density at radius 2 is 1.70 bits per heavy atom. The molecule has 0 spiro atoms. The van der Waals surface area contributed by atoms with Gasteiger partial charge in [0.15, 0.2) is 0 Å². The molecule has 4 nitrogen and oxygen atoms in total. The number of aliphatic carboxylic acids is 1. The molecule has 2 aliphatic rings. The fourth-order valence-corrected chi connectivity index (χ4v) is 3.54. The Bertz CT molecular complexity index is 581. The van der Waals surface area contributed by atoms with Gasteiger partial charge in [0.25, 0.3) is 0 Å². The van der Waals surface area contributed by atoms with Crippen molar-refractivity contribution in [3.8, 4) is 0 Å². The maximum absolute atomic E-state index is 12.4. The number of carbonyl (C=O) groups is 2. The normalized spacial score (nSPS) is 30.4. The van der Waals surface area contributed by atoms with Crippen LogP contribution in [0.4, 0.5) is 5.69 Å². The highest BCUT2D eigenvalue weighted by molar-refractivity contribution is 9.10. The first-order chi connectivity index (χ1) is 9.56. The van der Waals surface area contributed by atoms with Crippen LogP contribution >= 0.6 is 15.9 Å². The highest BCUT2D eigenvalue weighted by atomic mass is 79.9. The zero-order chi connectivity index (χ0) is 14.3. The number of carboxylic acids is 1. The van der Waals surface area contributed by atoms with Crippen LogP contribution in [0, 0.1) is 23.7 Å². The zero-order valence-corrected chi connectivity index (χ0v) is 12.2. The van der Waals surface area contributed by atoms with Crippen LogP contribution in [-0.2, 0) is 9.59 Å². The number of nitrogens with one attached hydrogen (secondary N) is 1. The number of fused-ring (bicyclic) bond motifs is 2. The van der Waals surface area contributed by atoms with E-state index in [4.69, 9.17) is 0 Å². The van der Waals surface area contributed by atoms with E-state index in [-0.39, 0.29) is 17.7 Å². The average Bonchev–Trinajstić information content (AvgIpc) is 3.01. The van der Waals surface area contributed by atoms with Gasteiger partial charge < -0.3 is 10.4 Å². The van der Waals surface area contributed by atoms with E-state index in [9.17, 15) is 14.7 Å². The lowest BCUT2D eigenvalue weighted by atomic mass is 9.82. The Kier molecular flexibility index (Phi) is 3.38. The fraction of sp³-hybridized carbons (Fsp3) is 0.333. The number of hydrogen-bond acceptors (Lipinski definition) is 2. The molecule has 2 N–H and O–H groups in total. The van der Waals surface area contributed by atoms with E-state index >= 15 is 0 Å². The van der Waals surface area contributed by atoms with Crippen LogP contribution < -0.4 is 5.32 Å². The quantitative estimate of drug-likeness (QED) is 0.834. The first-order valence-corrected chi connectivity index (χ1v) is 7.33. The SMILES string of the molecule is O=C(Nc1ccc(Br)cc1)[C@@H]1[C@H](C(=O)O)[C@@H]2C=C[C@H]1C2. The molecule has 104 valence electrons. The number of halogens is 1. The van der Waals surface area contributed by atoms with E-state index < -0.39 is 17.8 Å². The molecule has 0 unspecified atom stereocenters. The van der Waals surface area contributed by atoms with Gasteiger partial charge in [-0.25, -0.2) is 0 Å². The van der Waals surface area contributed by atoms with Crippen molar-refractivity contribution in [2.75, 3.05) is 5.32 Å². The second-order valence-electron chi connectivity index (χ2n) is 5.33. The average molecular weight is 336 g/mol. The summed E-state index contributed by atoms with van der Waals surface area (Å²) in [6.07, 6.45) is 4.69. The molecule has 20 heavy (non-hydrogen) atoms. The van der Waals surface area contributed by atoms with Gasteiger partial charge in [-0.15, -0.1) is 0 Å². The molecule has 2 bridgehead atoms. The van der Waals surface area contributed by atoms with Gasteiger partial charge in [-0.3, -0.25) is 9.59 Å². The highest BCUT2D eigenvalue weighted by Crippen LogP contribution is 2.48. The first kappa shape index (κ1) is 13.4. The van der Waals surface area contributed by atoms with Crippen molar-refractivity contribution in [1.82, 2.24) is 0 Å². The van der Waals surface area contributed by atoms with Crippen molar-refractivity contribution in [2.24, 2.45) is 23.7 Å². The predicted molar refractivity (Wildman–Crippen MR) is 78.1 cm³/mol. The molecule has 1 amide bonds. The number of amides is 1. The van der Waals surface area contributed by atoms with Crippen LogP contribution in [0.25, 0.3) is 0 Å². The molecule has 1 aromatic carbocycles. The van der Waals surface area contributed by atoms with Crippen LogP contribution in [0.15, 0.2) is 40.9 Å². The Labute approximate surface area is 125 Å². The van der Waals surface area contributed by atoms with Crippen molar-refractivity contribution in [2.45, 2.75) is 6.42 Å². The smallest absolute Gasteiger partial charge is 0.307 e. The molecule has 0 radical (unpaired) electrons. The van der Waals surface area contributed by atoms with E-state index in [1.807, 2.05) is 24.3 Å². The number of benzene rings is 1. The summed E-state index contributed by atoms with van der Waals surface area (Å²) in [7, 11) is 0. The molecule has 5 heteroatoms. The summed E-state index contributed by atoms with van der Waals surface area (Å²) in [4.78, 5) is 23.8. The van der Waals surface area contributed by atoms with Gasteiger partial charge in [0, 0.05) is 10.2 Å². The molecule has 0 aliphatic heterocycles. The predicted octanol–water partition coefficient (Wildman–Crippen LogP) is 2.91. The van der Waals surface area contributed by atoms with Crippen LogP contribution in [0.3, 0.4) is 0 Å². The summed E-state index contributed by atoms with van der Waals surface area (Å²) in [6.45, 7) is 0. The topological polar surface area (TPSA) is 66.4 Å². The Morgan fingerprint density at radius 3 is 2.30 bits per heavy atom. The lowest BCUT2D eigenvalue weighted by Gasteiger charge is -2.23. The summed E-state index contributed by atoms with van der Waals surface area (Å²) in [5.41, 5.74) is 0.689. The van der Waals surface area contributed by atoms with Gasteiger partial charge in [-0.05, 0) is 42.5 Å². The van der Waals surface area contributed by atoms with E-state index in [2.05, 4.69) is 21.2 Å². The van der Waals surface area contributed by atoms with Crippen LogP contribution in [-0.4, -0.2) is 17.0 Å². The summed E-state index contributed by atoms with van der Waals surface area (Å²) in [5.74, 6) is -2.09. The summed E-state index contributed by atoms with van der Waals surface area (Å²) < 4.78 is 0.932. The number of rotatable bonds is 3. The van der Waals surface area contributed by atoms with Gasteiger partial charge in [0.05, 0.1) is 11.8 Å². The minimum Gasteiger partial charge on any atom is -0.481 e. The monoisotopic (exact) mass is 335 g/mol. The molecule has 0 heterocycles. The van der Waals surface area contributed by atoms with Crippen molar-refractivity contribution in [3.63, 3.8) is 0 Å². The number of allylic oxidation sites excluding steroid dienone is 2. The summed E-state index contributed by atoms with van der Waals surface area (Å²) in [5, 5.41) is 12.2. The van der Waals surface area contributed by atoms with Crippen molar-refractivity contribution < 1.29 is 14.7 Å². The lowest BCUT2D eigenvalue weighted by Crippen LogP contribution is -2.36. The lowest BCUT2D eigenvalue weighted by molar-refractivity contribution is -0.146. The maximum atomic E-state index is 12.4. The number of carbonyl (C=O) groups excluding carboxylic acids is 1. The van der Waals surface area contributed by atoms with Gasteiger partial charge >= 0.3 is 5.97 Å². The molecule has 1 fully saturated rings. The highest BCUT2D eigenvalue weighted by Gasteiger charge is 2.51. The van der Waals surface area contributed by atoms with Crippen molar-refractivity contribution >= 4 is 33.5 Å². The molecular weight excluding hydrogens is 322 g/mol. The van der Waals surface area contributed by atoms with E-state index in [1.165, 1.54) is 0 Å². The number of anilines is 1. The molecule has 4 atom stereocenters. The third-order valence-corrected chi connectivity index (χ3v) is 4.69. The number of carboxylic acid groups (broad SMARTS) is 1. The Morgan fingerprint density at radius 1 is 1.10 bits per heavy atom. The molecule has 1 aromatic rings. The van der Waals surface area contributed by atoms with Crippen LogP contribution in [0.1, 0.15) is 6.42 Å². The largest absolute Gasteiger partial charge is 0.481 e. The minimum absolute atomic E-state index is 0.00170. The Hall–Kier alpha value is -1.62. The maximum Gasteiger partial charge on any atom is 0.307 e. The second-order valence-corrected chi connectivity index (χ2v) is 6.25. The van der Waals surface area contributed by atoms with Gasteiger partial charge in [0.1, 0.15) is 0 Å². The molecule has 0 aromatic heterocycles. The summed E-state index contributed by atoms with van der Waals surface area (Å²) in [6, 6.07) is 7.26. The second kappa shape index (κ2) is 5.05. The number of hydrogen-bond donors (Lipinski definition) is 2. The standard InChI is InChI=1S/C15H14BrNO3/c16-10-3-5-11(6-4-10)17-14(18)12-8-1-2-9(7-8)13(12)15(19)20/h1-6,8-9,12-13H,7H2,(H,17,18)(H,19,20)/t8-,9+,12-,13+/m0/s1. The fourth-order valence-electron chi connectivity index (χ4n) is 3.28. The third-order valence-electron chi connectivity index (χ3n) is 4.16. The van der Waals surface area contributed by atoms with Crippen LogP contribution in [0.2, 0.25) is 0 Å². The molecule has 3 rings (SSSR count). The van der Waals surface area contributed by atoms with Gasteiger partial charge in [-0.2, -0.15) is 0 Å². The molecule has 2 aliphatic carbocycles. The van der Waals surface area contributed by atoms with Crippen LogP contribution in [0.5, 0.6) is 0 Å². The Balaban J connectivity index is 1.78. The van der Waals surface area contributed by atoms with E-state index in [0.717, 1.165) is 10.9 Å². The van der Waals surface area contributed by atoms with Gasteiger partial charge in [0.2, 0.25) is 5.91 Å². The molecule has 1 saturated carbocycles. The third kappa shape index (κ3) is 2.26. The molecule has 0 saturated heterocycles. The van der Waals surface area contributed by atoms with E-state index in [0.29, 0.717) is 5.69 Å². The first-order valence-electron chi connectivity index (χ1n) is 6.54. The van der Waals surface area contributed by atoms with E-state index in [1.54, 1.807) is 12.1 Å². The molecular formula is C15H14BrNO3. The van der Waals surface area contributed by atoms with Crippen molar-refractivity contribution in [3.05, 3.63) is 40.9 Å². The van der Waals surface area contributed by atoms with Crippen molar-refractivity contribution in [1.29, 1.82) is 0 Å². The summed E-state index contributed by atoms with van der Waals surface area (Å²) >= 11 is 3.33.